The summed E-state index contributed by atoms with van der Waals surface area (Å²) in [5, 5.41) is 3.55. The van der Waals surface area contributed by atoms with Crippen molar-refractivity contribution in [2.75, 3.05) is 0 Å². The number of H-pyrrole nitrogens is 1. The van der Waals surface area contributed by atoms with Gasteiger partial charge in [-0.15, -0.1) is 11.7 Å². The van der Waals surface area contributed by atoms with Crippen molar-refractivity contribution in [3.05, 3.63) is 16.4 Å². The lowest BCUT2D eigenvalue weighted by atomic mass is 10.2. The van der Waals surface area contributed by atoms with Gasteiger partial charge in [-0.3, -0.25) is 9.51 Å². The second-order valence-electron chi connectivity index (χ2n) is 2.55. The number of hydrogen-bond donors (Lipinski definition) is 2. The molecule has 0 aromatic carbocycles. The minimum atomic E-state index is -0.532. The van der Waals surface area contributed by atoms with Crippen LogP contribution < -0.4 is 5.76 Å². The molecule has 0 amide bonds. The number of aromatic nitrogens is 2. The Hall–Kier alpha value is -0.360. The van der Waals surface area contributed by atoms with E-state index < -0.39 is 5.76 Å². The molecule has 0 aliphatic rings. The summed E-state index contributed by atoms with van der Waals surface area (Å²) in [6.45, 7) is 3.77. The van der Waals surface area contributed by atoms with E-state index in [9.17, 15) is 4.79 Å². The van der Waals surface area contributed by atoms with Gasteiger partial charge in [0.25, 0.3) is 0 Å². The molecule has 0 aliphatic heterocycles. The Bertz CT molecular complexity index is 291. The largest absolute Gasteiger partial charge is 0.438 e. The number of hydrogen-bond acceptors (Lipinski definition) is 5. The molecule has 0 spiro atoms. The van der Waals surface area contributed by atoms with Gasteiger partial charge in [0.05, 0.1) is 4.75 Å². The Balaban J connectivity index is 3.01. The lowest BCUT2D eigenvalue weighted by molar-refractivity contribution is 0.377. The van der Waals surface area contributed by atoms with Gasteiger partial charge in [-0.05, 0) is 13.8 Å². The fourth-order valence-electron chi connectivity index (χ4n) is 0.533. The van der Waals surface area contributed by atoms with Crippen molar-refractivity contribution in [2.24, 2.45) is 0 Å². The van der Waals surface area contributed by atoms with Crippen molar-refractivity contribution in [1.29, 1.82) is 0 Å². The van der Waals surface area contributed by atoms with Crippen LogP contribution in [0.5, 0.6) is 0 Å². The molecule has 4 nitrogen and oxygen atoms in total. The van der Waals surface area contributed by atoms with E-state index in [1.54, 1.807) is 0 Å². The molecule has 1 heterocycles. The van der Waals surface area contributed by atoms with Crippen LogP contribution in [0.1, 0.15) is 19.7 Å². The van der Waals surface area contributed by atoms with E-state index >= 15 is 0 Å². The molecule has 0 atom stereocenters. The van der Waals surface area contributed by atoms with Crippen molar-refractivity contribution in [3.63, 3.8) is 0 Å². The lowest BCUT2D eigenvalue weighted by Crippen LogP contribution is -2.13. The summed E-state index contributed by atoms with van der Waals surface area (Å²) in [4.78, 5) is 13.0. The molecule has 6 heteroatoms. The van der Waals surface area contributed by atoms with Gasteiger partial charge in [-0.1, -0.05) is 16.0 Å². The summed E-state index contributed by atoms with van der Waals surface area (Å²) < 4.78 is 4.02. The minimum absolute atomic E-state index is 0.324. The molecule has 0 bridgehead atoms. The predicted molar refractivity (Wildman–Crippen MR) is 46.7 cm³/mol. The summed E-state index contributed by atoms with van der Waals surface area (Å²) in [6.07, 6.45) is 0. The van der Waals surface area contributed by atoms with Crippen LogP contribution in [0.15, 0.2) is 9.32 Å². The third kappa shape index (κ3) is 1.81. The van der Waals surface area contributed by atoms with Gasteiger partial charge in [0.2, 0.25) is 0 Å². The van der Waals surface area contributed by atoms with Gasteiger partial charge in [0.1, 0.15) is 0 Å². The molecule has 1 rings (SSSR count). The van der Waals surface area contributed by atoms with Gasteiger partial charge in [0, 0.05) is 0 Å². The molecule has 0 aliphatic carbocycles. The minimum Gasteiger partial charge on any atom is -0.296 e. The van der Waals surface area contributed by atoms with Crippen LogP contribution in [0.4, 0.5) is 0 Å². The normalized spacial score (nSPS) is 11.9. The standard InChI is InChI=1S/C5H8N2O2S2/c1-5(2,11-10)3-6-4(8)9-7-3/h10H,1-2H3,(H,6,7,8). The number of nitrogens with one attached hydrogen (secondary N) is 1. The second-order valence-corrected chi connectivity index (χ2v) is 4.30. The molecular formula is C5H8N2O2S2. The van der Waals surface area contributed by atoms with Crippen LogP contribution in [-0.4, -0.2) is 10.1 Å². The van der Waals surface area contributed by atoms with Gasteiger partial charge in [0.15, 0.2) is 5.82 Å². The average Bonchev–Trinajstić information content (AvgIpc) is 2.36. The highest BCUT2D eigenvalue weighted by molar-refractivity contribution is 8.68. The van der Waals surface area contributed by atoms with E-state index in [0.29, 0.717) is 5.82 Å². The number of aromatic amines is 1. The Labute approximate surface area is 72.6 Å². The van der Waals surface area contributed by atoms with Crippen molar-refractivity contribution >= 4 is 22.5 Å². The van der Waals surface area contributed by atoms with E-state index in [2.05, 4.69) is 26.3 Å². The molecular weight excluding hydrogens is 184 g/mol. The molecule has 1 N–H and O–H groups in total. The predicted octanol–water partition coefficient (Wildman–Crippen LogP) is 1.18. The number of nitrogens with zero attached hydrogens (tertiary/aromatic N) is 1. The van der Waals surface area contributed by atoms with E-state index in [4.69, 9.17) is 0 Å². The molecule has 0 fully saturated rings. The lowest BCUT2D eigenvalue weighted by Gasteiger charge is -2.15. The van der Waals surface area contributed by atoms with Crippen LogP contribution in [0.3, 0.4) is 0 Å². The first-order valence-corrected chi connectivity index (χ1v) is 4.82. The summed E-state index contributed by atoms with van der Waals surface area (Å²) in [7, 11) is 1.30. The van der Waals surface area contributed by atoms with Crippen molar-refractivity contribution in [3.8, 4) is 0 Å². The fourth-order valence-corrected chi connectivity index (χ4v) is 0.967. The maximum atomic E-state index is 10.5. The van der Waals surface area contributed by atoms with E-state index in [-0.39, 0.29) is 4.75 Å². The highest BCUT2D eigenvalue weighted by Gasteiger charge is 2.24. The van der Waals surface area contributed by atoms with Crippen LogP contribution in [0, 0.1) is 0 Å². The van der Waals surface area contributed by atoms with Gasteiger partial charge < -0.3 is 0 Å². The second kappa shape index (κ2) is 2.94. The SMILES string of the molecule is CC(C)(SS)c1noc(=O)[nH]1. The van der Waals surface area contributed by atoms with Crippen LogP contribution in [0.25, 0.3) is 0 Å². The first-order chi connectivity index (χ1) is 5.06. The Morgan fingerprint density at radius 1 is 1.73 bits per heavy atom. The van der Waals surface area contributed by atoms with Gasteiger partial charge in [-0.25, -0.2) is 4.79 Å². The molecule has 1 aromatic rings. The highest BCUT2D eigenvalue weighted by atomic mass is 33.1. The third-order valence-corrected chi connectivity index (χ3v) is 3.26. The molecule has 0 radical (unpaired) electrons. The maximum Gasteiger partial charge on any atom is 0.438 e. The van der Waals surface area contributed by atoms with Crippen molar-refractivity contribution < 1.29 is 4.52 Å². The Morgan fingerprint density at radius 2 is 2.36 bits per heavy atom. The van der Waals surface area contributed by atoms with E-state index in [1.165, 1.54) is 10.8 Å². The van der Waals surface area contributed by atoms with E-state index in [1.807, 2.05) is 13.8 Å². The van der Waals surface area contributed by atoms with Gasteiger partial charge >= 0.3 is 5.76 Å². The maximum absolute atomic E-state index is 10.5. The Morgan fingerprint density at radius 3 is 2.73 bits per heavy atom. The molecule has 0 unspecified atom stereocenters. The van der Waals surface area contributed by atoms with Crippen LogP contribution in [0.2, 0.25) is 0 Å². The topological polar surface area (TPSA) is 58.9 Å². The zero-order valence-corrected chi connectivity index (χ0v) is 7.83. The van der Waals surface area contributed by atoms with Crippen LogP contribution in [-0.2, 0) is 4.75 Å². The number of thiol groups is 1. The fraction of sp³-hybridized carbons (Fsp3) is 0.600. The summed E-state index contributed by atoms with van der Waals surface area (Å²) in [5.41, 5.74) is 0. The summed E-state index contributed by atoms with van der Waals surface area (Å²) >= 11 is 4.03. The van der Waals surface area contributed by atoms with Crippen LogP contribution >= 0.6 is 22.5 Å². The average molecular weight is 192 g/mol. The van der Waals surface area contributed by atoms with Crippen molar-refractivity contribution in [2.45, 2.75) is 18.6 Å². The highest BCUT2D eigenvalue weighted by Crippen LogP contribution is 2.34. The first-order valence-electron chi connectivity index (χ1n) is 2.95. The van der Waals surface area contributed by atoms with Crippen molar-refractivity contribution in [1.82, 2.24) is 10.1 Å². The Kier molecular flexibility index (Phi) is 2.34. The third-order valence-electron chi connectivity index (χ3n) is 1.24. The molecule has 11 heavy (non-hydrogen) atoms. The number of rotatable bonds is 2. The summed E-state index contributed by atoms with van der Waals surface area (Å²) in [6, 6.07) is 0. The molecule has 0 saturated heterocycles. The summed E-state index contributed by atoms with van der Waals surface area (Å²) in [5.74, 6) is -0.0297. The first kappa shape index (κ1) is 8.73. The molecule has 62 valence electrons. The zero-order chi connectivity index (χ0) is 8.48. The molecule has 0 saturated carbocycles. The molecule has 1 aromatic heterocycles. The van der Waals surface area contributed by atoms with Gasteiger partial charge in [-0.2, -0.15) is 0 Å². The zero-order valence-electron chi connectivity index (χ0n) is 6.12. The smallest absolute Gasteiger partial charge is 0.296 e. The monoisotopic (exact) mass is 192 g/mol. The van der Waals surface area contributed by atoms with E-state index in [0.717, 1.165) is 0 Å². The quantitative estimate of drug-likeness (QED) is 0.545.